The monoisotopic (exact) mass is 552 g/mol. The molecule has 37 heavy (non-hydrogen) atoms. The van der Waals surface area contributed by atoms with E-state index in [0.717, 1.165) is 30.0 Å². The van der Waals surface area contributed by atoms with E-state index in [-0.39, 0.29) is 29.8 Å². The van der Waals surface area contributed by atoms with Gasteiger partial charge in [-0.25, -0.2) is 4.98 Å². The fraction of sp³-hybridized carbons (Fsp3) is 0.679. The maximum Gasteiger partial charge on any atom is 0.223 e. The minimum absolute atomic E-state index is 0.0817. The maximum atomic E-state index is 13.6. The topological polar surface area (TPSA) is 112 Å². The van der Waals surface area contributed by atoms with E-state index in [1.165, 1.54) is 11.3 Å². The molecular weight excluding hydrogens is 512 g/mol. The predicted octanol–water partition coefficient (Wildman–Crippen LogP) is 4.78. The van der Waals surface area contributed by atoms with Crippen molar-refractivity contribution in [3.05, 3.63) is 33.8 Å². The molecule has 1 aromatic rings. The Morgan fingerprint density at radius 3 is 2.68 bits per heavy atom. The number of aryl methyl sites for hydroxylation is 1. The van der Waals surface area contributed by atoms with Crippen molar-refractivity contribution in [2.75, 3.05) is 0 Å². The van der Waals surface area contributed by atoms with Gasteiger partial charge in [-0.2, -0.15) is 0 Å². The van der Waals surface area contributed by atoms with Crippen LogP contribution >= 0.6 is 22.9 Å². The van der Waals surface area contributed by atoms with Crippen molar-refractivity contribution < 1.29 is 24.5 Å². The third kappa shape index (κ3) is 7.30. The number of fused-ring (bicyclic) bond motifs is 1. The van der Waals surface area contributed by atoms with Crippen LogP contribution in [-0.2, 0) is 14.3 Å². The van der Waals surface area contributed by atoms with Crippen LogP contribution in [0, 0.1) is 24.2 Å². The summed E-state index contributed by atoms with van der Waals surface area (Å²) in [4.78, 5) is 31.1. The first kappa shape index (κ1) is 30.0. The summed E-state index contributed by atoms with van der Waals surface area (Å²) in [5, 5.41) is 28.3. The number of thiazole rings is 1. The van der Waals surface area contributed by atoms with E-state index in [1.54, 1.807) is 26.0 Å². The summed E-state index contributed by atoms with van der Waals surface area (Å²) < 4.78 is 6.06. The molecule has 2 saturated heterocycles. The SMILES string of the molecule is C=CCC1C(=O)C(C)(C)C(O)CC(=O)NC(C(Cl)=Cc2csc(C)n2)CC2OC2(C)CCCC(C)C1O. The number of amides is 1. The zero-order chi connectivity index (χ0) is 27.5. The number of aliphatic hydroxyl groups excluding tert-OH is 2. The first-order chi connectivity index (χ1) is 17.3. The van der Waals surface area contributed by atoms with Crippen molar-refractivity contribution >= 4 is 40.7 Å². The van der Waals surface area contributed by atoms with Crippen LogP contribution in [-0.4, -0.2) is 56.8 Å². The lowest BCUT2D eigenvalue weighted by atomic mass is 9.71. The number of ketones is 1. The van der Waals surface area contributed by atoms with E-state index in [9.17, 15) is 19.8 Å². The van der Waals surface area contributed by atoms with E-state index in [4.69, 9.17) is 16.3 Å². The third-order valence-corrected chi connectivity index (χ3v) is 9.17. The molecule has 0 spiro atoms. The molecule has 7 atom stereocenters. The second-order valence-corrected chi connectivity index (χ2v) is 12.9. The van der Waals surface area contributed by atoms with Gasteiger partial charge in [0.05, 0.1) is 52.5 Å². The Hall–Kier alpha value is -1.58. The van der Waals surface area contributed by atoms with Crippen LogP contribution in [0.5, 0.6) is 0 Å². The first-order valence-corrected chi connectivity index (χ1v) is 14.3. The molecule has 0 radical (unpaired) electrons. The predicted molar refractivity (Wildman–Crippen MR) is 147 cm³/mol. The summed E-state index contributed by atoms with van der Waals surface area (Å²) in [7, 11) is 0. The number of rotatable bonds is 4. The van der Waals surface area contributed by atoms with E-state index >= 15 is 0 Å². The highest BCUT2D eigenvalue weighted by atomic mass is 35.5. The number of nitrogens with zero attached hydrogens (tertiary/aromatic N) is 1. The normalized spacial score (nSPS) is 35.9. The minimum Gasteiger partial charge on any atom is -0.392 e. The van der Waals surface area contributed by atoms with E-state index in [0.29, 0.717) is 17.9 Å². The fourth-order valence-electron chi connectivity index (χ4n) is 5.20. The number of Topliss-reactive ketones (excluding diaryl/α,β-unsaturated/α-hetero) is 1. The number of ether oxygens (including phenoxy) is 1. The number of aromatic nitrogens is 1. The lowest BCUT2D eigenvalue weighted by Crippen LogP contribution is -2.48. The molecule has 3 N–H and O–H groups in total. The summed E-state index contributed by atoms with van der Waals surface area (Å²) in [6, 6.07) is -0.517. The van der Waals surface area contributed by atoms with Crippen molar-refractivity contribution in [3.63, 3.8) is 0 Å². The van der Waals surface area contributed by atoms with E-state index in [1.807, 2.05) is 19.2 Å². The molecule has 1 aromatic heterocycles. The molecule has 3 rings (SSSR count). The molecule has 7 nitrogen and oxygen atoms in total. The molecule has 2 aliphatic rings. The number of carbonyl (C=O) groups is 2. The van der Waals surface area contributed by atoms with E-state index in [2.05, 4.69) is 23.8 Å². The number of epoxide rings is 1. The second kappa shape index (κ2) is 12.1. The van der Waals surface area contributed by atoms with Crippen LogP contribution in [0.4, 0.5) is 0 Å². The van der Waals surface area contributed by atoms with Crippen LogP contribution in [0.3, 0.4) is 0 Å². The zero-order valence-electron chi connectivity index (χ0n) is 22.5. The molecule has 0 aromatic carbocycles. The maximum absolute atomic E-state index is 13.6. The molecule has 2 fully saturated rings. The molecule has 2 aliphatic heterocycles. The van der Waals surface area contributed by atoms with Gasteiger partial charge in [0.25, 0.3) is 0 Å². The molecule has 3 heterocycles. The van der Waals surface area contributed by atoms with Crippen LogP contribution in [0.25, 0.3) is 6.08 Å². The Morgan fingerprint density at radius 2 is 2.05 bits per heavy atom. The number of halogens is 1. The summed E-state index contributed by atoms with van der Waals surface area (Å²) in [5.41, 5.74) is -0.855. The fourth-order valence-corrected chi connectivity index (χ4v) is 6.03. The van der Waals surface area contributed by atoms with Crippen molar-refractivity contribution in [3.8, 4) is 0 Å². The van der Waals surface area contributed by atoms with Gasteiger partial charge in [0.2, 0.25) is 5.91 Å². The smallest absolute Gasteiger partial charge is 0.223 e. The summed E-state index contributed by atoms with van der Waals surface area (Å²) in [5.74, 6) is -1.51. The average molecular weight is 553 g/mol. The number of carbonyl (C=O) groups excluding carboxylic acids is 2. The van der Waals surface area contributed by atoms with Gasteiger partial charge in [0.1, 0.15) is 5.78 Å². The Balaban J connectivity index is 1.88. The van der Waals surface area contributed by atoms with Gasteiger partial charge >= 0.3 is 0 Å². The van der Waals surface area contributed by atoms with E-state index < -0.39 is 35.5 Å². The third-order valence-electron chi connectivity index (χ3n) is 8.01. The highest BCUT2D eigenvalue weighted by Gasteiger charge is 2.52. The van der Waals surface area contributed by atoms with Gasteiger partial charge in [-0.3, -0.25) is 9.59 Å². The van der Waals surface area contributed by atoms with Crippen LogP contribution < -0.4 is 5.32 Å². The van der Waals surface area contributed by atoms with Crippen molar-refractivity contribution in [2.45, 2.75) is 103 Å². The van der Waals surface area contributed by atoms with Gasteiger partial charge in [-0.15, -0.1) is 17.9 Å². The Labute approximate surface area is 229 Å². The average Bonchev–Trinajstić information content (AvgIpc) is 3.27. The number of nitrogens with one attached hydrogen (secondary N) is 1. The molecular formula is C28H41ClN2O5S. The van der Waals surface area contributed by atoms with Crippen LogP contribution in [0.15, 0.2) is 23.1 Å². The van der Waals surface area contributed by atoms with Crippen molar-refractivity contribution in [1.82, 2.24) is 10.3 Å². The summed E-state index contributed by atoms with van der Waals surface area (Å²) in [6.45, 7) is 12.9. The van der Waals surface area contributed by atoms with Gasteiger partial charge in [0, 0.05) is 22.8 Å². The number of aliphatic hydroxyl groups is 2. The first-order valence-electron chi connectivity index (χ1n) is 13.1. The molecule has 1 amide bonds. The lowest BCUT2D eigenvalue weighted by Gasteiger charge is -2.36. The van der Waals surface area contributed by atoms with Gasteiger partial charge in [-0.05, 0) is 45.1 Å². The Bertz CT molecular complexity index is 1020. The lowest BCUT2D eigenvalue weighted by molar-refractivity contribution is -0.143. The van der Waals surface area contributed by atoms with Gasteiger partial charge in [-0.1, -0.05) is 44.9 Å². The van der Waals surface area contributed by atoms with Crippen LogP contribution in [0.2, 0.25) is 0 Å². The molecule has 0 aliphatic carbocycles. The summed E-state index contributed by atoms with van der Waals surface area (Å²) in [6.07, 6.45) is 4.05. The van der Waals surface area contributed by atoms with Crippen LogP contribution in [0.1, 0.15) is 76.9 Å². The highest BCUT2D eigenvalue weighted by molar-refractivity contribution is 7.09. The standard InChI is InChI=1S/C28H41ClN2O5S/c1-7-9-19-25(34)16(2)10-8-11-28(6)23(36-28)13-21(20(29)12-18-15-37-17(3)30-18)31-24(33)14-22(32)27(4,5)26(19)35/h7,12,15-16,19,21-23,25,32,34H,1,8-11,13-14H2,2-6H3,(H,31,33). The quantitative estimate of drug-likeness (QED) is 0.366. The molecule has 0 saturated carbocycles. The second-order valence-electron chi connectivity index (χ2n) is 11.4. The molecule has 0 bridgehead atoms. The number of hydrogen-bond donors (Lipinski definition) is 3. The minimum atomic E-state index is -1.24. The van der Waals surface area contributed by atoms with Gasteiger partial charge < -0.3 is 20.3 Å². The Morgan fingerprint density at radius 1 is 1.35 bits per heavy atom. The summed E-state index contributed by atoms with van der Waals surface area (Å²) >= 11 is 8.22. The van der Waals surface area contributed by atoms with Crippen molar-refractivity contribution in [2.24, 2.45) is 17.3 Å². The Kier molecular flexibility index (Phi) is 9.78. The number of allylic oxidation sites excluding steroid dienone is 1. The highest BCUT2D eigenvalue weighted by Crippen LogP contribution is 2.45. The number of hydrogen-bond acceptors (Lipinski definition) is 7. The molecule has 7 unspecified atom stereocenters. The van der Waals surface area contributed by atoms with Crippen molar-refractivity contribution in [1.29, 1.82) is 0 Å². The molecule has 9 heteroatoms. The zero-order valence-corrected chi connectivity index (χ0v) is 24.1. The largest absolute Gasteiger partial charge is 0.392 e. The van der Waals surface area contributed by atoms with Gasteiger partial charge in [0.15, 0.2) is 0 Å². The molecule has 206 valence electrons.